The molecule has 8 nitrogen and oxygen atoms in total. The zero-order valence-corrected chi connectivity index (χ0v) is 11.6. The van der Waals surface area contributed by atoms with E-state index >= 15 is 0 Å². The van der Waals surface area contributed by atoms with Gasteiger partial charge < -0.3 is 9.84 Å². The maximum absolute atomic E-state index is 11.3. The van der Waals surface area contributed by atoms with Crippen molar-refractivity contribution >= 4 is 12.2 Å². The highest BCUT2D eigenvalue weighted by molar-refractivity contribution is 5.85. The summed E-state index contributed by atoms with van der Waals surface area (Å²) < 4.78 is 5.27. The summed E-state index contributed by atoms with van der Waals surface area (Å²) in [5, 5.41) is 21.2. The summed E-state index contributed by atoms with van der Waals surface area (Å²) >= 11 is 0. The predicted octanol–water partition coefficient (Wildman–Crippen LogP) is 1.02. The average molecular weight is 289 g/mol. The number of phenols is 1. The van der Waals surface area contributed by atoms with Crippen molar-refractivity contribution in [2.45, 2.75) is 13.8 Å². The zero-order chi connectivity index (χ0) is 15.2. The lowest BCUT2D eigenvalue weighted by molar-refractivity contribution is 0.318. The number of para-hydroxylation sites is 1. The molecule has 0 saturated heterocycles. The minimum absolute atomic E-state index is 0.00613. The lowest BCUT2D eigenvalue weighted by Crippen LogP contribution is -2.15. The normalized spacial score (nSPS) is 10.8. The summed E-state index contributed by atoms with van der Waals surface area (Å²) in [5.41, 5.74) is 2.92. The number of nitrogens with one attached hydrogen (secondary N) is 2. The average Bonchev–Trinajstić information content (AvgIpc) is 2.47. The molecule has 2 aromatic rings. The van der Waals surface area contributed by atoms with E-state index in [9.17, 15) is 9.90 Å². The van der Waals surface area contributed by atoms with Crippen molar-refractivity contribution in [3.05, 3.63) is 39.8 Å². The number of anilines is 1. The number of aromatic amines is 1. The van der Waals surface area contributed by atoms with Crippen molar-refractivity contribution in [1.29, 1.82) is 0 Å². The molecule has 0 bridgehead atoms. The van der Waals surface area contributed by atoms with Gasteiger partial charge >= 0.3 is 0 Å². The molecule has 1 heterocycles. The van der Waals surface area contributed by atoms with Gasteiger partial charge in [0.1, 0.15) is 5.69 Å². The first-order valence-corrected chi connectivity index (χ1v) is 6.29. The van der Waals surface area contributed by atoms with Crippen LogP contribution >= 0.6 is 0 Å². The van der Waals surface area contributed by atoms with E-state index in [1.165, 1.54) is 6.21 Å². The number of rotatable bonds is 5. The molecule has 2 rings (SSSR count). The lowest BCUT2D eigenvalue weighted by Gasteiger charge is -2.07. The van der Waals surface area contributed by atoms with Gasteiger partial charge in [-0.3, -0.25) is 9.78 Å². The van der Waals surface area contributed by atoms with E-state index in [1.807, 2.05) is 6.92 Å². The molecule has 3 N–H and O–H groups in total. The molecule has 0 saturated carbocycles. The molecule has 8 heteroatoms. The van der Waals surface area contributed by atoms with Crippen molar-refractivity contribution in [2.24, 2.45) is 5.10 Å². The first-order chi connectivity index (χ1) is 10.1. The fourth-order valence-electron chi connectivity index (χ4n) is 1.52. The van der Waals surface area contributed by atoms with Crippen molar-refractivity contribution in [3.63, 3.8) is 0 Å². The van der Waals surface area contributed by atoms with E-state index in [2.05, 4.69) is 25.7 Å². The molecule has 0 unspecified atom stereocenters. The van der Waals surface area contributed by atoms with Crippen LogP contribution in [0.5, 0.6) is 11.5 Å². The van der Waals surface area contributed by atoms with Crippen molar-refractivity contribution in [1.82, 2.24) is 15.2 Å². The number of aryl methyl sites for hydroxylation is 1. The Hall–Kier alpha value is -2.90. The fourth-order valence-corrected chi connectivity index (χ4v) is 1.52. The van der Waals surface area contributed by atoms with E-state index < -0.39 is 0 Å². The largest absolute Gasteiger partial charge is 0.504 e. The molecule has 110 valence electrons. The fraction of sp³-hybridized carbons (Fsp3) is 0.231. The van der Waals surface area contributed by atoms with Crippen molar-refractivity contribution in [3.8, 4) is 11.5 Å². The van der Waals surface area contributed by atoms with E-state index in [-0.39, 0.29) is 23.0 Å². The van der Waals surface area contributed by atoms with Crippen LogP contribution in [0, 0.1) is 6.92 Å². The number of hydrogen-bond acceptors (Lipinski definition) is 7. The van der Waals surface area contributed by atoms with Gasteiger partial charge in [-0.25, -0.2) is 5.43 Å². The van der Waals surface area contributed by atoms with Crippen LogP contribution in [0.2, 0.25) is 0 Å². The second-order valence-corrected chi connectivity index (χ2v) is 4.09. The minimum Gasteiger partial charge on any atom is -0.504 e. The quantitative estimate of drug-likeness (QED) is 0.559. The molecular weight excluding hydrogens is 274 g/mol. The first kappa shape index (κ1) is 14.5. The maximum Gasteiger partial charge on any atom is 0.274 e. The van der Waals surface area contributed by atoms with E-state index in [1.54, 1.807) is 25.1 Å². The number of phenolic OH excluding ortho intramolecular Hbond substituents is 1. The third-order valence-corrected chi connectivity index (χ3v) is 2.56. The molecule has 21 heavy (non-hydrogen) atoms. The van der Waals surface area contributed by atoms with Crippen LogP contribution in [0.25, 0.3) is 0 Å². The van der Waals surface area contributed by atoms with E-state index in [0.717, 1.165) is 0 Å². The van der Waals surface area contributed by atoms with Gasteiger partial charge in [0.05, 0.1) is 12.8 Å². The van der Waals surface area contributed by atoms with E-state index in [0.29, 0.717) is 17.9 Å². The molecule has 0 aliphatic heterocycles. The zero-order valence-electron chi connectivity index (χ0n) is 11.6. The SMILES string of the molecule is CCOc1cccc(/C=N/Nc2nnc(C)c(=O)[nH]2)c1O. The smallest absolute Gasteiger partial charge is 0.274 e. The highest BCUT2D eigenvalue weighted by Crippen LogP contribution is 2.28. The number of hydrazone groups is 1. The van der Waals surface area contributed by atoms with Crippen LogP contribution in [0.3, 0.4) is 0 Å². The number of aromatic hydroxyl groups is 1. The van der Waals surface area contributed by atoms with Gasteiger partial charge in [0.15, 0.2) is 11.5 Å². The molecule has 1 aromatic heterocycles. The number of H-pyrrole nitrogens is 1. The Bertz CT molecular complexity index is 711. The van der Waals surface area contributed by atoms with Crippen LogP contribution in [-0.2, 0) is 0 Å². The number of nitrogens with zero attached hydrogens (tertiary/aromatic N) is 3. The number of aromatic nitrogens is 3. The van der Waals surface area contributed by atoms with Gasteiger partial charge in [0.2, 0.25) is 5.95 Å². The number of hydrogen-bond donors (Lipinski definition) is 3. The van der Waals surface area contributed by atoms with Crippen molar-refractivity contribution < 1.29 is 9.84 Å². The number of benzene rings is 1. The summed E-state index contributed by atoms with van der Waals surface area (Å²) in [5.74, 6) is 0.487. The standard InChI is InChI=1S/C13H15N5O3/c1-3-21-10-6-4-5-9(11(10)19)7-14-17-13-15-12(20)8(2)16-18-13/h4-7,19H,3H2,1-2H3,(H2,15,17,18,20)/b14-7+. The molecule has 0 fully saturated rings. The van der Waals surface area contributed by atoms with Crippen molar-refractivity contribution in [2.75, 3.05) is 12.0 Å². The Balaban J connectivity index is 2.12. The lowest BCUT2D eigenvalue weighted by atomic mass is 10.2. The molecule has 1 aromatic carbocycles. The Labute approximate surface area is 120 Å². The molecule has 0 radical (unpaired) electrons. The predicted molar refractivity (Wildman–Crippen MR) is 77.9 cm³/mol. The van der Waals surface area contributed by atoms with Crippen LogP contribution in [0.1, 0.15) is 18.2 Å². The summed E-state index contributed by atoms with van der Waals surface area (Å²) in [4.78, 5) is 13.8. The summed E-state index contributed by atoms with van der Waals surface area (Å²) in [6.45, 7) is 3.83. The Morgan fingerprint density at radius 3 is 3.00 bits per heavy atom. The highest BCUT2D eigenvalue weighted by atomic mass is 16.5. The van der Waals surface area contributed by atoms with Crippen LogP contribution in [-0.4, -0.2) is 33.1 Å². The highest BCUT2D eigenvalue weighted by Gasteiger charge is 2.05. The Morgan fingerprint density at radius 1 is 1.48 bits per heavy atom. The van der Waals surface area contributed by atoms with Crippen LogP contribution in [0.15, 0.2) is 28.1 Å². The second-order valence-electron chi connectivity index (χ2n) is 4.09. The van der Waals surface area contributed by atoms with Gasteiger partial charge in [0.25, 0.3) is 5.56 Å². The van der Waals surface area contributed by atoms with Crippen LogP contribution < -0.4 is 15.7 Å². The minimum atomic E-state index is -0.344. The summed E-state index contributed by atoms with van der Waals surface area (Å²) in [6.07, 6.45) is 1.39. The van der Waals surface area contributed by atoms with Gasteiger partial charge in [0, 0.05) is 5.56 Å². The monoisotopic (exact) mass is 289 g/mol. The first-order valence-electron chi connectivity index (χ1n) is 6.29. The molecular formula is C13H15N5O3. The third-order valence-electron chi connectivity index (χ3n) is 2.56. The van der Waals surface area contributed by atoms with Gasteiger partial charge in [-0.15, -0.1) is 10.2 Å². The van der Waals surface area contributed by atoms with Gasteiger partial charge in [-0.1, -0.05) is 6.07 Å². The van der Waals surface area contributed by atoms with Crippen LogP contribution in [0.4, 0.5) is 5.95 Å². The Morgan fingerprint density at radius 2 is 2.29 bits per heavy atom. The molecule has 0 aliphatic carbocycles. The van der Waals surface area contributed by atoms with E-state index in [4.69, 9.17) is 4.74 Å². The van der Waals surface area contributed by atoms with Gasteiger partial charge in [-0.2, -0.15) is 5.10 Å². The molecule has 0 spiro atoms. The topological polar surface area (TPSA) is 112 Å². The summed E-state index contributed by atoms with van der Waals surface area (Å²) in [7, 11) is 0. The third kappa shape index (κ3) is 3.56. The molecule has 0 atom stereocenters. The second kappa shape index (κ2) is 6.51. The Kier molecular flexibility index (Phi) is 4.50. The molecule has 0 aliphatic rings. The number of ether oxygens (including phenoxy) is 1. The maximum atomic E-state index is 11.3. The molecule has 0 amide bonds. The van der Waals surface area contributed by atoms with Gasteiger partial charge in [-0.05, 0) is 26.0 Å². The summed E-state index contributed by atoms with van der Waals surface area (Å²) in [6, 6.07) is 5.07.